The lowest BCUT2D eigenvalue weighted by atomic mass is 9.79. The van der Waals surface area contributed by atoms with Gasteiger partial charge in [0, 0.05) is 11.8 Å². The summed E-state index contributed by atoms with van der Waals surface area (Å²) in [6.07, 6.45) is -3.19. The standard InChI is InChI=1S/C27H41NO10/c1-10-27(8,9)24(31)36-17(7)16(6)21(22(28)23(29)30)18-11-12-19(37-25(32)34-14(2)3)20(13-18)38-26(33)35-15(4)5/h11-17,21-22H,10,28H2,1-9H3,(H,29,30)/t16?,17?,21?,22-/m0/s1. The smallest absolute Gasteiger partial charge is 0.480 e. The number of aliphatic carboxylic acids is 1. The van der Waals surface area contributed by atoms with Crippen LogP contribution in [0.1, 0.15) is 80.2 Å². The molecule has 3 N–H and O–H groups in total. The van der Waals surface area contributed by atoms with Gasteiger partial charge in [-0.25, -0.2) is 9.59 Å². The zero-order valence-electron chi connectivity index (χ0n) is 23.6. The van der Waals surface area contributed by atoms with Gasteiger partial charge in [0.2, 0.25) is 0 Å². The van der Waals surface area contributed by atoms with Crippen molar-refractivity contribution < 1.29 is 48.0 Å². The molecule has 0 aliphatic heterocycles. The number of benzene rings is 1. The molecule has 214 valence electrons. The Morgan fingerprint density at radius 3 is 1.82 bits per heavy atom. The first-order valence-electron chi connectivity index (χ1n) is 12.6. The van der Waals surface area contributed by atoms with Gasteiger partial charge >= 0.3 is 24.2 Å². The van der Waals surface area contributed by atoms with E-state index in [1.54, 1.807) is 55.4 Å². The molecule has 0 saturated carbocycles. The Kier molecular flexibility index (Phi) is 12.0. The number of carbonyl (C=O) groups is 4. The molecule has 0 amide bonds. The van der Waals surface area contributed by atoms with Gasteiger partial charge in [-0.05, 0) is 72.6 Å². The Balaban J connectivity index is 3.48. The van der Waals surface area contributed by atoms with E-state index in [1.165, 1.54) is 18.2 Å². The average molecular weight is 540 g/mol. The number of carbonyl (C=O) groups excluding carboxylic acids is 3. The van der Waals surface area contributed by atoms with E-state index in [1.807, 2.05) is 6.92 Å². The van der Waals surface area contributed by atoms with E-state index in [9.17, 15) is 24.3 Å². The highest BCUT2D eigenvalue weighted by Crippen LogP contribution is 2.38. The first-order chi connectivity index (χ1) is 17.5. The van der Waals surface area contributed by atoms with Crippen molar-refractivity contribution in [2.24, 2.45) is 17.1 Å². The van der Waals surface area contributed by atoms with E-state index in [4.69, 9.17) is 29.4 Å². The summed E-state index contributed by atoms with van der Waals surface area (Å²) in [4.78, 5) is 49.0. The lowest BCUT2D eigenvalue weighted by Gasteiger charge is -2.33. The predicted octanol–water partition coefficient (Wildman–Crippen LogP) is 5.03. The first-order valence-corrected chi connectivity index (χ1v) is 12.6. The van der Waals surface area contributed by atoms with Crippen molar-refractivity contribution in [1.82, 2.24) is 0 Å². The monoisotopic (exact) mass is 539 g/mol. The van der Waals surface area contributed by atoms with Crippen LogP contribution in [0, 0.1) is 11.3 Å². The Labute approximate surface area is 223 Å². The fraction of sp³-hybridized carbons (Fsp3) is 0.630. The van der Waals surface area contributed by atoms with E-state index in [2.05, 4.69) is 0 Å². The van der Waals surface area contributed by atoms with Crippen molar-refractivity contribution in [2.75, 3.05) is 0 Å². The zero-order chi connectivity index (χ0) is 29.4. The Morgan fingerprint density at radius 1 is 0.868 bits per heavy atom. The molecule has 38 heavy (non-hydrogen) atoms. The molecule has 0 saturated heterocycles. The molecule has 0 aromatic heterocycles. The number of rotatable bonds is 12. The number of hydrogen-bond acceptors (Lipinski definition) is 10. The highest BCUT2D eigenvalue weighted by atomic mass is 16.7. The predicted molar refractivity (Wildman–Crippen MR) is 138 cm³/mol. The van der Waals surface area contributed by atoms with Crippen LogP contribution in [0.4, 0.5) is 9.59 Å². The quantitative estimate of drug-likeness (QED) is 0.208. The molecular weight excluding hydrogens is 498 g/mol. The third-order valence-corrected chi connectivity index (χ3v) is 6.11. The minimum absolute atomic E-state index is 0.153. The van der Waals surface area contributed by atoms with Crippen molar-refractivity contribution >= 4 is 24.2 Å². The molecule has 0 aliphatic carbocycles. The van der Waals surface area contributed by atoms with Crippen molar-refractivity contribution in [2.45, 2.75) is 99.0 Å². The van der Waals surface area contributed by atoms with E-state index in [0.29, 0.717) is 12.0 Å². The van der Waals surface area contributed by atoms with Crippen LogP contribution < -0.4 is 15.2 Å². The molecule has 0 bridgehead atoms. The molecule has 0 aliphatic rings. The Morgan fingerprint density at radius 2 is 1.37 bits per heavy atom. The molecular formula is C27H41NO10. The third-order valence-electron chi connectivity index (χ3n) is 6.11. The highest BCUT2D eigenvalue weighted by molar-refractivity contribution is 5.76. The maximum absolute atomic E-state index is 12.7. The normalized spacial score (nSPS) is 14.7. The van der Waals surface area contributed by atoms with Crippen LogP contribution in [-0.2, 0) is 23.8 Å². The summed E-state index contributed by atoms with van der Waals surface area (Å²) in [6.45, 7) is 15.3. The summed E-state index contributed by atoms with van der Waals surface area (Å²) in [5.41, 5.74) is 5.71. The average Bonchev–Trinajstić information content (AvgIpc) is 2.79. The van der Waals surface area contributed by atoms with E-state index >= 15 is 0 Å². The molecule has 11 heteroatoms. The first kappa shape index (κ1) is 32.7. The van der Waals surface area contributed by atoms with Gasteiger partial charge in [-0.15, -0.1) is 0 Å². The summed E-state index contributed by atoms with van der Waals surface area (Å²) >= 11 is 0. The van der Waals surface area contributed by atoms with Crippen LogP contribution in [-0.4, -0.2) is 53.7 Å². The topological polar surface area (TPSA) is 161 Å². The lowest BCUT2D eigenvalue weighted by molar-refractivity contribution is -0.162. The van der Waals surface area contributed by atoms with Gasteiger partial charge in [0.15, 0.2) is 11.5 Å². The van der Waals surface area contributed by atoms with Crippen LogP contribution in [0.3, 0.4) is 0 Å². The maximum atomic E-state index is 12.7. The minimum Gasteiger partial charge on any atom is -0.480 e. The number of esters is 1. The van der Waals surface area contributed by atoms with Crippen molar-refractivity contribution in [3.8, 4) is 11.5 Å². The molecule has 11 nitrogen and oxygen atoms in total. The van der Waals surface area contributed by atoms with Crippen molar-refractivity contribution in [3.63, 3.8) is 0 Å². The molecule has 1 rings (SSSR count). The van der Waals surface area contributed by atoms with Crippen LogP contribution in [0.5, 0.6) is 11.5 Å². The molecule has 4 atom stereocenters. The second-order valence-electron chi connectivity index (χ2n) is 10.3. The number of nitrogens with two attached hydrogens (primary N) is 1. The van der Waals surface area contributed by atoms with Gasteiger partial charge in [-0.3, -0.25) is 9.59 Å². The highest BCUT2D eigenvalue weighted by Gasteiger charge is 2.37. The minimum atomic E-state index is -1.40. The summed E-state index contributed by atoms with van der Waals surface area (Å²) in [5.74, 6) is -3.53. The fourth-order valence-electron chi connectivity index (χ4n) is 3.37. The maximum Gasteiger partial charge on any atom is 0.514 e. The molecule has 0 spiro atoms. The van der Waals surface area contributed by atoms with Crippen molar-refractivity contribution in [3.05, 3.63) is 23.8 Å². The molecule has 1 aromatic carbocycles. The second-order valence-corrected chi connectivity index (χ2v) is 10.3. The van der Waals surface area contributed by atoms with Crippen LogP contribution in [0.25, 0.3) is 0 Å². The zero-order valence-corrected chi connectivity index (χ0v) is 23.6. The van der Waals surface area contributed by atoms with E-state index in [-0.39, 0.29) is 11.5 Å². The number of carboxylic acid groups (broad SMARTS) is 1. The van der Waals surface area contributed by atoms with Gasteiger partial charge in [0.1, 0.15) is 12.1 Å². The molecule has 0 fully saturated rings. The third kappa shape index (κ3) is 9.51. The number of hydrogen-bond donors (Lipinski definition) is 2. The van der Waals surface area contributed by atoms with Gasteiger partial charge in [-0.1, -0.05) is 19.9 Å². The van der Waals surface area contributed by atoms with E-state index in [0.717, 1.165) is 0 Å². The largest absolute Gasteiger partial charge is 0.514 e. The number of carboxylic acids is 1. The SMILES string of the molecule is CCC(C)(C)C(=O)OC(C)C(C)C(c1ccc(OC(=O)OC(C)C)c(OC(=O)OC(C)C)c1)[C@H](N)C(=O)O. The van der Waals surface area contributed by atoms with Crippen LogP contribution in [0.2, 0.25) is 0 Å². The lowest BCUT2D eigenvalue weighted by Crippen LogP contribution is -2.43. The molecule has 0 heterocycles. The van der Waals surface area contributed by atoms with Gasteiger partial charge in [0.05, 0.1) is 17.6 Å². The molecule has 0 radical (unpaired) electrons. The molecule has 1 aromatic rings. The summed E-state index contributed by atoms with van der Waals surface area (Å²) < 4.78 is 26.2. The second kappa shape index (κ2) is 14.0. The van der Waals surface area contributed by atoms with E-state index < -0.39 is 65.9 Å². The summed E-state index contributed by atoms with van der Waals surface area (Å²) in [7, 11) is 0. The van der Waals surface area contributed by atoms with Gasteiger partial charge < -0.3 is 34.5 Å². The fourth-order valence-corrected chi connectivity index (χ4v) is 3.37. The number of ether oxygens (including phenoxy) is 5. The Hall–Kier alpha value is -3.34. The summed E-state index contributed by atoms with van der Waals surface area (Å²) in [5, 5.41) is 9.74. The van der Waals surface area contributed by atoms with Crippen LogP contribution >= 0.6 is 0 Å². The molecule has 3 unspecified atom stereocenters. The van der Waals surface area contributed by atoms with Gasteiger partial charge in [-0.2, -0.15) is 0 Å². The Bertz CT molecular complexity index is 988. The summed E-state index contributed by atoms with van der Waals surface area (Å²) in [6, 6.07) is 2.76. The van der Waals surface area contributed by atoms with Gasteiger partial charge in [0.25, 0.3) is 0 Å². The van der Waals surface area contributed by atoms with Crippen LogP contribution in [0.15, 0.2) is 18.2 Å². The van der Waals surface area contributed by atoms with Crippen molar-refractivity contribution in [1.29, 1.82) is 0 Å².